The highest BCUT2D eigenvalue weighted by molar-refractivity contribution is 8.00. The summed E-state index contributed by atoms with van der Waals surface area (Å²) in [4.78, 5) is 21.9. The van der Waals surface area contributed by atoms with Gasteiger partial charge in [-0.25, -0.2) is 19.7 Å². The van der Waals surface area contributed by atoms with Crippen LogP contribution in [0.15, 0.2) is 21.8 Å². The zero-order valence-corrected chi connectivity index (χ0v) is 11.4. The third kappa shape index (κ3) is 3.25. The lowest BCUT2D eigenvalue weighted by Gasteiger charge is -2.05. The lowest BCUT2D eigenvalue weighted by atomic mass is 10.4. The Labute approximate surface area is 118 Å². The molecule has 0 unspecified atom stereocenters. The Kier molecular flexibility index (Phi) is 3.95. The standard InChI is InChI=1S/C10H6F3N3O2S2/c1-4-6(7(17)18)19-9(15-4)20-8-14-3-2-5(16-8)10(11,12)13/h2-3H,1H3,(H,17,18). The number of aromatic nitrogens is 3. The summed E-state index contributed by atoms with van der Waals surface area (Å²) in [5.74, 6) is -1.13. The largest absolute Gasteiger partial charge is 0.477 e. The zero-order chi connectivity index (χ0) is 14.9. The molecule has 0 aromatic carbocycles. The molecule has 0 atom stereocenters. The molecule has 0 radical (unpaired) electrons. The van der Waals surface area contributed by atoms with Gasteiger partial charge in [0.15, 0.2) is 9.50 Å². The van der Waals surface area contributed by atoms with E-state index in [2.05, 4.69) is 15.0 Å². The molecule has 1 N–H and O–H groups in total. The number of nitrogens with zero attached hydrogens (tertiary/aromatic N) is 3. The molecule has 0 bridgehead atoms. The van der Waals surface area contributed by atoms with Crippen LogP contribution in [0.1, 0.15) is 21.1 Å². The molecule has 0 aliphatic rings. The number of hydrogen-bond acceptors (Lipinski definition) is 6. The summed E-state index contributed by atoms with van der Waals surface area (Å²) in [6.07, 6.45) is -3.56. The Morgan fingerprint density at radius 2 is 2.10 bits per heavy atom. The number of carboxylic acid groups (broad SMARTS) is 1. The van der Waals surface area contributed by atoms with E-state index in [-0.39, 0.29) is 14.4 Å². The number of aromatic carboxylic acids is 1. The Balaban J connectivity index is 2.26. The second-order valence-electron chi connectivity index (χ2n) is 3.52. The number of hydrogen-bond donors (Lipinski definition) is 1. The molecule has 0 saturated heterocycles. The van der Waals surface area contributed by atoms with Gasteiger partial charge in [-0.1, -0.05) is 11.3 Å². The Morgan fingerprint density at radius 3 is 2.65 bits per heavy atom. The van der Waals surface area contributed by atoms with Crippen molar-refractivity contribution in [1.29, 1.82) is 0 Å². The van der Waals surface area contributed by atoms with Crippen LogP contribution in [0.2, 0.25) is 0 Å². The van der Waals surface area contributed by atoms with Crippen molar-refractivity contribution in [2.45, 2.75) is 22.6 Å². The quantitative estimate of drug-likeness (QED) is 0.876. The Morgan fingerprint density at radius 1 is 1.40 bits per heavy atom. The summed E-state index contributed by atoms with van der Waals surface area (Å²) < 4.78 is 37.7. The topological polar surface area (TPSA) is 76.0 Å². The number of rotatable bonds is 3. The van der Waals surface area contributed by atoms with Gasteiger partial charge in [-0.05, 0) is 24.8 Å². The molecule has 2 rings (SSSR count). The van der Waals surface area contributed by atoms with Crippen LogP contribution in [0.25, 0.3) is 0 Å². The van der Waals surface area contributed by atoms with E-state index in [0.717, 1.165) is 35.4 Å². The maximum absolute atomic E-state index is 12.5. The Hall–Kier alpha value is -1.68. The van der Waals surface area contributed by atoms with E-state index in [1.165, 1.54) is 6.92 Å². The molecule has 10 heteroatoms. The average molecular weight is 321 g/mol. The van der Waals surface area contributed by atoms with Gasteiger partial charge in [0.2, 0.25) is 0 Å². The van der Waals surface area contributed by atoms with Gasteiger partial charge in [0, 0.05) is 6.20 Å². The fraction of sp³-hybridized carbons (Fsp3) is 0.200. The van der Waals surface area contributed by atoms with Crippen molar-refractivity contribution in [1.82, 2.24) is 15.0 Å². The summed E-state index contributed by atoms with van der Waals surface area (Å²) in [6, 6.07) is 0.764. The van der Waals surface area contributed by atoms with Crippen LogP contribution < -0.4 is 0 Å². The van der Waals surface area contributed by atoms with Crippen LogP contribution in [-0.2, 0) is 6.18 Å². The molecular formula is C10H6F3N3O2S2. The molecule has 20 heavy (non-hydrogen) atoms. The fourth-order valence-electron chi connectivity index (χ4n) is 1.24. The van der Waals surface area contributed by atoms with E-state index in [4.69, 9.17) is 5.11 Å². The molecule has 0 amide bonds. The van der Waals surface area contributed by atoms with Gasteiger partial charge in [0.1, 0.15) is 10.6 Å². The van der Waals surface area contributed by atoms with E-state index in [1.807, 2.05) is 0 Å². The molecule has 2 aromatic heterocycles. The fourth-order valence-corrected chi connectivity index (χ4v) is 3.11. The second kappa shape index (κ2) is 5.37. The van der Waals surface area contributed by atoms with Gasteiger partial charge >= 0.3 is 12.1 Å². The molecule has 2 aromatic rings. The lowest BCUT2D eigenvalue weighted by Crippen LogP contribution is -2.08. The monoisotopic (exact) mass is 321 g/mol. The second-order valence-corrected chi connectivity index (χ2v) is 5.74. The smallest absolute Gasteiger partial charge is 0.433 e. The first kappa shape index (κ1) is 14.7. The highest BCUT2D eigenvalue weighted by Crippen LogP contribution is 2.33. The van der Waals surface area contributed by atoms with E-state index in [9.17, 15) is 18.0 Å². The van der Waals surface area contributed by atoms with Crippen LogP contribution in [0.5, 0.6) is 0 Å². The molecule has 0 aliphatic carbocycles. The maximum atomic E-state index is 12.5. The molecule has 0 fully saturated rings. The summed E-state index contributed by atoms with van der Waals surface area (Å²) in [5.41, 5.74) is -0.751. The molecule has 0 saturated carbocycles. The van der Waals surface area contributed by atoms with Gasteiger partial charge in [0.25, 0.3) is 0 Å². The van der Waals surface area contributed by atoms with Crippen LogP contribution in [-0.4, -0.2) is 26.0 Å². The van der Waals surface area contributed by atoms with Crippen LogP contribution in [0, 0.1) is 6.92 Å². The van der Waals surface area contributed by atoms with Crippen molar-refractivity contribution in [2.24, 2.45) is 0 Å². The van der Waals surface area contributed by atoms with E-state index < -0.39 is 17.8 Å². The van der Waals surface area contributed by atoms with Gasteiger partial charge in [-0.15, -0.1) is 0 Å². The average Bonchev–Trinajstić information content (AvgIpc) is 2.69. The first-order chi connectivity index (χ1) is 9.27. The molecule has 106 valence electrons. The normalized spacial score (nSPS) is 11.6. The van der Waals surface area contributed by atoms with Crippen molar-refractivity contribution in [3.8, 4) is 0 Å². The molecule has 0 spiro atoms. The van der Waals surface area contributed by atoms with Gasteiger partial charge in [-0.3, -0.25) is 0 Å². The van der Waals surface area contributed by atoms with Gasteiger partial charge < -0.3 is 5.11 Å². The zero-order valence-electron chi connectivity index (χ0n) is 9.80. The highest BCUT2D eigenvalue weighted by atomic mass is 32.2. The van der Waals surface area contributed by atoms with Crippen LogP contribution in [0.3, 0.4) is 0 Å². The predicted octanol–water partition coefficient (Wildman–Crippen LogP) is 3.11. The first-order valence-corrected chi connectivity index (χ1v) is 6.69. The van der Waals surface area contributed by atoms with E-state index in [0.29, 0.717) is 5.69 Å². The predicted molar refractivity (Wildman–Crippen MR) is 65.0 cm³/mol. The van der Waals surface area contributed by atoms with Crippen molar-refractivity contribution in [3.05, 3.63) is 28.5 Å². The molecular weight excluding hydrogens is 315 g/mol. The summed E-state index contributed by atoms with van der Waals surface area (Å²) in [7, 11) is 0. The van der Waals surface area contributed by atoms with Crippen molar-refractivity contribution in [3.63, 3.8) is 0 Å². The lowest BCUT2D eigenvalue weighted by molar-refractivity contribution is -0.141. The number of halogens is 3. The summed E-state index contributed by atoms with van der Waals surface area (Å²) in [6.45, 7) is 1.51. The molecule has 2 heterocycles. The number of alkyl halides is 3. The minimum atomic E-state index is -4.55. The minimum absolute atomic E-state index is 0.0412. The highest BCUT2D eigenvalue weighted by Gasteiger charge is 2.33. The van der Waals surface area contributed by atoms with Crippen molar-refractivity contribution < 1.29 is 23.1 Å². The molecule has 5 nitrogen and oxygen atoms in total. The number of aryl methyl sites for hydroxylation is 1. The van der Waals surface area contributed by atoms with Crippen LogP contribution in [0.4, 0.5) is 13.2 Å². The van der Waals surface area contributed by atoms with Crippen LogP contribution >= 0.6 is 23.1 Å². The Bertz CT molecular complexity index is 657. The van der Waals surface area contributed by atoms with E-state index >= 15 is 0 Å². The van der Waals surface area contributed by atoms with Crippen molar-refractivity contribution >= 4 is 29.1 Å². The van der Waals surface area contributed by atoms with Crippen molar-refractivity contribution in [2.75, 3.05) is 0 Å². The minimum Gasteiger partial charge on any atom is -0.477 e. The first-order valence-electron chi connectivity index (χ1n) is 5.06. The van der Waals surface area contributed by atoms with E-state index in [1.54, 1.807) is 0 Å². The van der Waals surface area contributed by atoms with Gasteiger partial charge in [-0.2, -0.15) is 13.2 Å². The molecule has 0 aliphatic heterocycles. The third-order valence-corrected chi connectivity index (χ3v) is 4.16. The maximum Gasteiger partial charge on any atom is 0.433 e. The summed E-state index contributed by atoms with van der Waals surface area (Å²) >= 11 is 1.66. The third-order valence-electron chi connectivity index (χ3n) is 2.07. The number of thiazole rings is 1. The number of carboxylic acids is 1. The number of carbonyl (C=O) groups is 1. The summed E-state index contributed by atoms with van der Waals surface area (Å²) in [5, 5.41) is 8.74. The SMILES string of the molecule is Cc1nc(Sc2nccc(C(F)(F)F)n2)sc1C(=O)O. The van der Waals surface area contributed by atoms with Gasteiger partial charge in [0.05, 0.1) is 5.69 Å².